The van der Waals surface area contributed by atoms with Crippen LogP contribution in [-0.2, 0) is 16.2 Å². The number of alkyl halides is 3. The van der Waals surface area contributed by atoms with Crippen LogP contribution in [0.1, 0.15) is 5.56 Å². The molecule has 0 atom stereocenters. The van der Waals surface area contributed by atoms with Crippen molar-refractivity contribution in [2.75, 3.05) is 0 Å². The Kier molecular flexibility index (Phi) is 3.53. The van der Waals surface area contributed by atoms with E-state index in [9.17, 15) is 21.6 Å². The predicted molar refractivity (Wildman–Crippen MR) is 52.6 cm³/mol. The van der Waals surface area contributed by atoms with Crippen LogP contribution in [0.2, 0.25) is 0 Å². The van der Waals surface area contributed by atoms with Crippen molar-refractivity contribution in [2.24, 2.45) is 5.14 Å². The molecule has 0 aliphatic heterocycles. The van der Waals surface area contributed by atoms with Gasteiger partial charge in [-0.05, 0) is 17.6 Å². The largest absolute Gasteiger partial charge is 0.488 e. The zero-order chi connectivity index (χ0) is 13.4. The van der Waals surface area contributed by atoms with Crippen LogP contribution in [0.25, 0.3) is 0 Å². The number of halogens is 3. The first-order valence-electron chi connectivity index (χ1n) is 4.13. The molecule has 0 saturated heterocycles. The van der Waals surface area contributed by atoms with Gasteiger partial charge in [-0.15, -0.1) is 0 Å². The van der Waals surface area contributed by atoms with Crippen LogP contribution in [0.3, 0.4) is 0 Å². The van der Waals surface area contributed by atoms with Gasteiger partial charge in [0.15, 0.2) is 0 Å². The molecule has 0 bridgehead atoms. The monoisotopic (exact) mass is 269 g/mol. The van der Waals surface area contributed by atoms with E-state index >= 15 is 0 Å². The van der Waals surface area contributed by atoms with E-state index in [0.717, 1.165) is 6.07 Å². The number of sulfonamides is 1. The van der Waals surface area contributed by atoms with Crippen LogP contribution < -0.4 is 10.6 Å². The minimum atomic E-state index is -4.97. The van der Waals surface area contributed by atoms with E-state index in [-0.39, 0.29) is 0 Å². The number of benzene rings is 1. The van der Waals surface area contributed by atoms with Gasteiger partial charge in [0.25, 0.3) is 0 Å². The third-order valence-electron chi connectivity index (χ3n) is 1.91. The Hall–Kier alpha value is -1.10. The maximum absolute atomic E-state index is 12.5. The lowest BCUT2D eigenvalue weighted by atomic mass is 9.79. The van der Waals surface area contributed by atoms with Crippen LogP contribution in [0, 0.1) is 0 Å². The Morgan fingerprint density at radius 1 is 1.24 bits per heavy atom. The fourth-order valence-electron chi connectivity index (χ4n) is 1.18. The predicted octanol–water partition coefficient (Wildman–Crippen LogP) is -0.967. The molecular weight excluding hydrogens is 262 g/mol. The van der Waals surface area contributed by atoms with E-state index in [0.29, 0.717) is 12.1 Å². The molecule has 1 rings (SSSR count). The van der Waals surface area contributed by atoms with Gasteiger partial charge in [0.2, 0.25) is 10.0 Å². The Balaban J connectivity index is 3.55. The minimum Gasteiger partial charge on any atom is -0.423 e. The summed E-state index contributed by atoms with van der Waals surface area (Å²) in [6.45, 7) is 0. The van der Waals surface area contributed by atoms with E-state index in [4.69, 9.17) is 10.0 Å². The standard InChI is InChI=1S/C7H7BF3NO4S/c9-7(10,11)5-3-4(8(13)14)1-2-6(5)17(12,15)16/h1-3,13-14H,(H2,12,15,16). The van der Waals surface area contributed by atoms with Crippen LogP contribution in [-0.4, -0.2) is 25.6 Å². The van der Waals surface area contributed by atoms with Crippen molar-refractivity contribution < 1.29 is 31.6 Å². The maximum Gasteiger partial charge on any atom is 0.488 e. The van der Waals surface area contributed by atoms with Gasteiger partial charge in [0.05, 0.1) is 10.5 Å². The molecule has 10 heteroatoms. The SMILES string of the molecule is NS(=O)(=O)c1ccc(B(O)O)cc1C(F)(F)F. The lowest BCUT2D eigenvalue weighted by Gasteiger charge is -2.12. The Labute approximate surface area is 94.9 Å². The van der Waals surface area contributed by atoms with E-state index in [1.54, 1.807) is 0 Å². The minimum absolute atomic E-state index is 0.324. The summed E-state index contributed by atoms with van der Waals surface area (Å²) in [6.07, 6.45) is -4.97. The number of hydrogen-bond acceptors (Lipinski definition) is 4. The Morgan fingerprint density at radius 3 is 2.12 bits per heavy atom. The van der Waals surface area contributed by atoms with Crippen molar-refractivity contribution in [2.45, 2.75) is 11.1 Å². The zero-order valence-electron chi connectivity index (χ0n) is 8.14. The summed E-state index contributed by atoms with van der Waals surface area (Å²) in [7, 11) is -6.68. The molecule has 0 heterocycles. The highest BCUT2D eigenvalue weighted by Crippen LogP contribution is 2.33. The lowest BCUT2D eigenvalue weighted by molar-refractivity contribution is -0.139. The first-order chi connectivity index (χ1) is 7.53. The molecule has 1 aromatic rings. The molecule has 0 aliphatic carbocycles. The topological polar surface area (TPSA) is 101 Å². The van der Waals surface area contributed by atoms with Crippen molar-refractivity contribution in [3.63, 3.8) is 0 Å². The average molecular weight is 269 g/mol. The van der Waals surface area contributed by atoms with Gasteiger partial charge in [-0.1, -0.05) is 6.07 Å². The highest BCUT2D eigenvalue weighted by atomic mass is 32.2. The van der Waals surface area contributed by atoms with Gasteiger partial charge < -0.3 is 10.0 Å². The molecule has 4 N–H and O–H groups in total. The zero-order valence-corrected chi connectivity index (χ0v) is 8.96. The van der Waals surface area contributed by atoms with E-state index < -0.39 is 39.2 Å². The molecule has 0 radical (unpaired) electrons. The van der Waals surface area contributed by atoms with Crippen LogP contribution in [0.5, 0.6) is 0 Å². The maximum atomic E-state index is 12.5. The van der Waals surface area contributed by atoms with Crippen LogP contribution >= 0.6 is 0 Å². The normalized spacial score (nSPS) is 12.6. The second-order valence-corrected chi connectivity index (χ2v) is 4.70. The van der Waals surface area contributed by atoms with Crippen molar-refractivity contribution in [3.8, 4) is 0 Å². The lowest BCUT2D eigenvalue weighted by Crippen LogP contribution is -2.32. The number of nitrogens with two attached hydrogens (primary N) is 1. The van der Waals surface area contributed by atoms with Gasteiger partial charge in [-0.3, -0.25) is 0 Å². The molecule has 0 spiro atoms. The van der Waals surface area contributed by atoms with Gasteiger partial charge >= 0.3 is 13.3 Å². The third kappa shape index (κ3) is 3.19. The molecule has 0 fully saturated rings. The number of hydrogen-bond donors (Lipinski definition) is 3. The molecule has 94 valence electrons. The average Bonchev–Trinajstić information content (AvgIpc) is 2.14. The fourth-order valence-corrected chi connectivity index (χ4v) is 1.92. The summed E-state index contributed by atoms with van der Waals surface area (Å²) in [5, 5.41) is 22.1. The number of rotatable bonds is 2. The van der Waals surface area contributed by atoms with Crippen molar-refractivity contribution in [1.29, 1.82) is 0 Å². The first-order valence-corrected chi connectivity index (χ1v) is 5.68. The summed E-state index contributed by atoms with van der Waals surface area (Å²) in [4.78, 5) is -1.12. The van der Waals surface area contributed by atoms with Crippen molar-refractivity contribution in [3.05, 3.63) is 23.8 Å². The Bertz CT molecular complexity index is 528. The molecule has 0 aromatic heterocycles. The molecule has 0 saturated carbocycles. The summed E-state index contributed by atoms with van der Waals surface area (Å²) in [6, 6.07) is 1.73. The van der Waals surface area contributed by atoms with Crippen LogP contribution in [0.4, 0.5) is 13.2 Å². The first kappa shape index (κ1) is 14.0. The molecule has 0 aliphatic rings. The molecule has 0 unspecified atom stereocenters. The highest BCUT2D eigenvalue weighted by molar-refractivity contribution is 7.89. The van der Waals surface area contributed by atoms with E-state index in [2.05, 4.69) is 5.14 Å². The fraction of sp³-hybridized carbons (Fsp3) is 0.143. The van der Waals surface area contributed by atoms with Gasteiger partial charge in [0.1, 0.15) is 0 Å². The molecule has 5 nitrogen and oxygen atoms in total. The second kappa shape index (κ2) is 4.29. The van der Waals surface area contributed by atoms with Gasteiger partial charge in [-0.2, -0.15) is 13.2 Å². The molecule has 17 heavy (non-hydrogen) atoms. The molecular formula is C7H7BF3NO4S. The Morgan fingerprint density at radius 2 is 1.76 bits per heavy atom. The number of primary sulfonamides is 1. The van der Waals surface area contributed by atoms with Crippen molar-refractivity contribution >= 4 is 22.6 Å². The van der Waals surface area contributed by atoms with Crippen molar-refractivity contribution in [1.82, 2.24) is 0 Å². The quantitative estimate of drug-likeness (QED) is 0.601. The summed E-state index contributed by atoms with van der Waals surface area (Å²) < 4.78 is 59.5. The van der Waals surface area contributed by atoms with Gasteiger partial charge in [0, 0.05) is 0 Å². The van der Waals surface area contributed by atoms with E-state index in [1.807, 2.05) is 0 Å². The molecule has 1 aromatic carbocycles. The van der Waals surface area contributed by atoms with E-state index in [1.165, 1.54) is 0 Å². The van der Waals surface area contributed by atoms with Gasteiger partial charge in [-0.25, -0.2) is 13.6 Å². The summed E-state index contributed by atoms with van der Waals surface area (Å²) >= 11 is 0. The molecule has 0 amide bonds. The second-order valence-electron chi connectivity index (χ2n) is 3.17. The van der Waals surface area contributed by atoms with Crippen LogP contribution in [0.15, 0.2) is 23.1 Å². The summed E-state index contributed by atoms with van der Waals surface area (Å²) in [5.74, 6) is 0. The summed E-state index contributed by atoms with van der Waals surface area (Å²) in [5.41, 5.74) is -2.02. The third-order valence-corrected chi connectivity index (χ3v) is 2.88. The highest BCUT2D eigenvalue weighted by Gasteiger charge is 2.37. The smallest absolute Gasteiger partial charge is 0.423 e.